The van der Waals surface area contributed by atoms with E-state index in [1.807, 2.05) is 35.8 Å². The number of thioether (sulfide) groups is 2. The zero-order chi connectivity index (χ0) is 13.9. The van der Waals surface area contributed by atoms with Crippen molar-refractivity contribution in [1.29, 1.82) is 0 Å². The SMILES string of the molecule is Cc1csc(CN)c1S(=O)(=O)NCC1CSCCS1. The first-order chi connectivity index (χ1) is 9.04. The van der Waals surface area contributed by atoms with Crippen LogP contribution in [0.5, 0.6) is 0 Å². The first-order valence-electron chi connectivity index (χ1n) is 6.00. The number of hydrogen-bond acceptors (Lipinski definition) is 6. The maximum absolute atomic E-state index is 12.4. The van der Waals surface area contributed by atoms with E-state index in [-0.39, 0.29) is 6.54 Å². The quantitative estimate of drug-likeness (QED) is 0.854. The maximum Gasteiger partial charge on any atom is 0.242 e. The molecule has 3 N–H and O–H groups in total. The summed E-state index contributed by atoms with van der Waals surface area (Å²) in [7, 11) is -3.43. The van der Waals surface area contributed by atoms with E-state index in [9.17, 15) is 8.42 Å². The molecule has 1 aromatic heterocycles. The highest BCUT2D eigenvalue weighted by Crippen LogP contribution is 2.27. The normalized spacial score (nSPS) is 20.6. The standard InChI is InChI=1S/C11H18N2O2S4/c1-8-6-18-10(4-12)11(8)19(14,15)13-5-9-7-16-2-3-17-9/h6,9,13H,2-5,7,12H2,1H3. The summed E-state index contributed by atoms with van der Waals surface area (Å²) in [5, 5.41) is 2.22. The molecule has 2 rings (SSSR count). The van der Waals surface area contributed by atoms with Gasteiger partial charge in [0, 0.05) is 40.5 Å². The second kappa shape index (κ2) is 6.82. The minimum absolute atomic E-state index is 0.267. The highest BCUT2D eigenvalue weighted by molar-refractivity contribution is 8.06. The molecule has 0 aromatic carbocycles. The summed E-state index contributed by atoms with van der Waals surface area (Å²) >= 11 is 5.14. The summed E-state index contributed by atoms with van der Waals surface area (Å²) in [5.41, 5.74) is 6.39. The maximum atomic E-state index is 12.4. The van der Waals surface area contributed by atoms with Crippen LogP contribution in [0.2, 0.25) is 0 Å². The van der Waals surface area contributed by atoms with Gasteiger partial charge in [0.2, 0.25) is 10.0 Å². The van der Waals surface area contributed by atoms with Crippen LogP contribution in [0.15, 0.2) is 10.3 Å². The first-order valence-corrected chi connectivity index (χ1v) is 10.6. The van der Waals surface area contributed by atoms with Gasteiger partial charge in [0.25, 0.3) is 0 Å². The zero-order valence-electron chi connectivity index (χ0n) is 10.7. The van der Waals surface area contributed by atoms with Gasteiger partial charge in [0.05, 0.1) is 0 Å². The zero-order valence-corrected chi connectivity index (χ0v) is 14.0. The van der Waals surface area contributed by atoms with Gasteiger partial charge in [-0.1, -0.05) is 0 Å². The van der Waals surface area contributed by atoms with E-state index in [2.05, 4.69) is 4.72 Å². The van der Waals surface area contributed by atoms with Gasteiger partial charge in [0.15, 0.2) is 0 Å². The molecular formula is C11H18N2O2S4. The monoisotopic (exact) mass is 338 g/mol. The average Bonchev–Trinajstić information content (AvgIpc) is 2.80. The number of thiophene rings is 1. The van der Waals surface area contributed by atoms with Gasteiger partial charge in [-0.3, -0.25) is 0 Å². The molecule has 0 saturated carbocycles. The molecule has 0 radical (unpaired) electrons. The third kappa shape index (κ3) is 3.89. The van der Waals surface area contributed by atoms with Crippen molar-refractivity contribution in [3.05, 3.63) is 15.8 Å². The Bertz CT molecular complexity index is 521. The first kappa shape index (κ1) is 15.7. The fraction of sp³-hybridized carbons (Fsp3) is 0.636. The molecular weight excluding hydrogens is 320 g/mol. The fourth-order valence-corrected chi connectivity index (χ4v) is 7.42. The lowest BCUT2D eigenvalue weighted by atomic mass is 10.3. The Morgan fingerprint density at radius 1 is 1.47 bits per heavy atom. The van der Waals surface area contributed by atoms with Crippen LogP contribution in [0, 0.1) is 6.92 Å². The number of hydrogen-bond donors (Lipinski definition) is 2. The van der Waals surface area contributed by atoms with Crippen molar-refractivity contribution in [3.63, 3.8) is 0 Å². The molecule has 1 unspecified atom stereocenters. The van der Waals surface area contributed by atoms with E-state index < -0.39 is 10.0 Å². The van der Waals surface area contributed by atoms with E-state index in [0.717, 1.165) is 27.7 Å². The Hall–Kier alpha value is 0.270. The molecule has 0 amide bonds. The summed E-state index contributed by atoms with van der Waals surface area (Å²) in [6, 6.07) is 0. The third-order valence-electron chi connectivity index (χ3n) is 2.83. The Morgan fingerprint density at radius 3 is 2.89 bits per heavy atom. The van der Waals surface area contributed by atoms with E-state index in [1.165, 1.54) is 11.3 Å². The molecule has 0 aliphatic carbocycles. The molecule has 2 heterocycles. The number of rotatable bonds is 5. The molecule has 1 aliphatic rings. The van der Waals surface area contributed by atoms with Crippen molar-refractivity contribution in [1.82, 2.24) is 4.72 Å². The Balaban J connectivity index is 2.07. The van der Waals surface area contributed by atoms with Crippen LogP contribution in [0.3, 0.4) is 0 Å². The van der Waals surface area contributed by atoms with Crippen LogP contribution in [0.25, 0.3) is 0 Å². The van der Waals surface area contributed by atoms with E-state index >= 15 is 0 Å². The van der Waals surface area contributed by atoms with Crippen LogP contribution in [0.4, 0.5) is 0 Å². The molecule has 1 fully saturated rings. The third-order valence-corrected chi connectivity index (χ3v) is 8.58. The number of sulfonamides is 1. The largest absolute Gasteiger partial charge is 0.326 e. The van der Waals surface area contributed by atoms with E-state index in [4.69, 9.17) is 5.73 Å². The van der Waals surface area contributed by atoms with Gasteiger partial charge in [-0.25, -0.2) is 13.1 Å². The molecule has 0 spiro atoms. The summed E-state index contributed by atoms with van der Waals surface area (Å²) in [5.74, 6) is 3.27. The summed E-state index contributed by atoms with van der Waals surface area (Å²) in [6.45, 7) is 2.58. The summed E-state index contributed by atoms with van der Waals surface area (Å²) in [6.07, 6.45) is 0. The number of nitrogens with one attached hydrogen (secondary N) is 1. The van der Waals surface area contributed by atoms with Crippen molar-refractivity contribution in [2.75, 3.05) is 23.8 Å². The Morgan fingerprint density at radius 2 is 2.26 bits per heavy atom. The molecule has 1 atom stereocenters. The van der Waals surface area contributed by atoms with Crippen LogP contribution in [-0.2, 0) is 16.6 Å². The molecule has 108 valence electrons. The van der Waals surface area contributed by atoms with Crippen LogP contribution >= 0.6 is 34.9 Å². The average molecular weight is 339 g/mol. The lowest BCUT2D eigenvalue weighted by molar-refractivity contribution is 0.580. The minimum Gasteiger partial charge on any atom is -0.326 e. The predicted octanol–water partition coefficient (Wildman–Crippen LogP) is 1.64. The summed E-state index contributed by atoms with van der Waals surface area (Å²) < 4.78 is 27.5. The fourth-order valence-electron chi connectivity index (χ4n) is 1.92. The van der Waals surface area contributed by atoms with E-state index in [1.54, 1.807) is 0 Å². The van der Waals surface area contributed by atoms with E-state index in [0.29, 0.717) is 16.7 Å². The van der Waals surface area contributed by atoms with Crippen molar-refractivity contribution < 1.29 is 8.42 Å². The van der Waals surface area contributed by atoms with Crippen molar-refractivity contribution >= 4 is 44.9 Å². The minimum atomic E-state index is -3.43. The van der Waals surface area contributed by atoms with Crippen molar-refractivity contribution in [2.45, 2.75) is 23.6 Å². The molecule has 1 aromatic rings. The molecule has 8 heteroatoms. The molecule has 1 aliphatic heterocycles. The highest BCUT2D eigenvalue weighted by atomic mass is 32.2. The lowest BCUT2D eigenvalue weighted by Crippen LogP contribution is -2.34. The lowest BCUT2D eigenvalue weighted by Gasteiger charge is -2.21. The second-order valence-corrected chi connectivity index (χ2v) is 9.52. The van der Waals surface area contributed by atoms with Crippen molar-refractivity contribution in [3.8, 4) is 0 Å². The van der Waals surface area contributed by atoms with Gasteiger partial charge in [-0.15, -0.1) is 11.3 Å². The highest BCUT2D eigenvalue weighted by Gasteiger charge is 2.24. The molecule has 4 nitrogen and oxygen atoms in total. The molecule has 0 bridgehead atoms. The topological polar surface area (TPSA) is 72.2 Å². The van der Waals surface area contributed by atoms with Crippen molar-refractivity contribution in [2.24, 2.45) is 5.73 Å². The van der Waals surface area contributed by atoms with Gasteiger partial charge in [-0.2, -0.15) is 23.5 Å². The van der Waals surface area contributed by atoms with Crippen LogP contribution in [0.1, 0.15) is 10.4 Å². The second-order valence-electron chi connectivity index (χ2n) is 4.29. The van der Waals surface area contributed by atoms with Crippen LogP contribution in [-0.4, -0.2) is 37.5 Å². The number of nitrogens with two attached hydrogens (primary N) is 1. The molecule has 19 heavy (non-hydrogen) atoms. The van der Waals surface area contributed by atoms with Gasteiger partial charge in [0.1, 0.15) is 4.90 Å². The van der Waals surface area contributed by atoms with Crippen LogP contribution < -0.4 is 10.5 Å². The molecule has 1 saturated heterocycles. The van der Waals surface area contributed by atoms with Gasteiger partial charge in [-0.05, 0) is 17.9 Å². The van der Waals surface area contributed by atoms with Gasteiger partial charge >= 0.3 is 0 Å². The number of aryl methyl sites for hydroxylation is 1. The Kier molecular flexibility index (Phi) is 5.62. The Labute approximate surface area is 127 Å². The van der Waals surface area contributed by atoms with Gasteiger partial charge < -0.3 is 5.73 Å². The predicted molar refractivity (Wildman–Crippen MR) is 85.7 cm³/mol. The summed E-state index contributed by atoms with van der Waals surface area (Å²) in [4.78, 5) is 1.11. The smallest absolute Gasteiger partial charge is 0.242 e.